The third-order valence-corrected chi connectivity index (χ3v) is 6.42. The second kappa shape index (κ2) is 10.5. The molecule has 1 aliphatic rings. The van der Waals surface area contributed by atoms with Crippen LogP contribution in [0.25, 0.3) is 5.69 Å². The zero-order chi connectivity index (χ0) is 22.5. The second-order valence-electron chi connectivity index (χ2n) is 7.75. The number of carbonyl (C=O) groups is 1. The van der Waals surface area contributed by atoms with Gasteiger partial charge in [0.15, 0.2) is 11.0 Å². The zero-order valence-corrected chi connectivity index (χ0v) is 19.7. The summed E-state index contributed by atoms with van der Waals surface area (Å²) in [5.74, 6) is 0.977. The molecule has 9 heteroatoms. The first-order valence-corrected chi connectivity index (χ1v) is 11.9. The van der Waals surface area contributed by atoms with Crippen molar-refractivity contribution in [2.24, 2.45) is 0 Å². The number of nitrogens with zero attached hydrogens (tertiary/aromatic N) is 4. The van der Waals surface area contributed by atoms with Gasteiger partial charge in [-0.1, -0.05) is 41.1 Å². The van der Waals surface area contributed by atoms with Crippen LogP contribution in [0.2, 0.25) is 5.02 Å². The molecule has 0 atom stereocenters. The molecule has 7 nitrogen and oxygen atoms in total. The number of aromatic nitrogens is 3. The van der Waals surface area contributed by atoms with E-state index >= 15 is 0 Å². The van der Waals surface area contributed by atoms with Crippen molar-refractivity contribution in [3.05, 3.63) is 64.4 Å². The van der Waals surface area contributed by atoms with Crippen LogP contribution in [-0.4, -0.2) is 57.6 Å². The van der Waals surface area contributed by atoms with Gasteiger partial charge in [-0.05, 0) is 49.7 Å². The number of rotatable bonds is 7. The lowest BCUT2D eigenvalue weighted by molar-refractivity contribution is -0.113. The number of halogens is 1. The molecule has 4 rings (SSSR count). The molecule has 1 aliphatic heterocycles. The van der Waals surface area contributed by atoms with Gasteiger partial charge in [-0.15, -0.1) is 10.2 Å². The monoisotopic (exact) mass is 471 g/mol. The minimum Gasteiger partial charge on any atom is -0.379 e. The van der Waals surface area contributed by atoms with Crippen LogP contribution in [0.5, 0.6) is 0 Å². The minimum absolute atomic E-state index is 0.0812. The van der Waals surface area contributed by atoms with E-state index in [-0.39, 0.29) is 11.7 Å². The minimum atomic E-state index is -0.0812. The maximum Gasteiger partial charge on any atom is 0.234 e. The quantitative estimate of drug-likeness (QED) is 0.523. The summed E-state index contributed by atoms with van der Waals surface area (Å²) in [6.45, 7) is 7.83. The van der Waals surface area contributed by atoms with Crippen molar-refractivity contribution >= 4 is 35.0 Å². The lowest BCUT2D eigenvalue weighted by Crippen LogP contribution is -2.36. The van der Waals surface area contributed by atoms with E-state index in [1.165, 1.54) is 17.3 Å². The number of aryl methyl sites for hydroxylation is 2. The number of ether oxygens (including phenoxy) is 1. The van der Waals surface area contributed by atoms with Gasteiger partial charge < -0.3 is 10.1 Å². The molecular weight excluding hydrogens is 446 g/mol. The SMILES string of the molecule is Cc1ccc(NC(=O)CSc2nnc(CN3CCOCC3)n2-c2ccc(Cl)cc2)c(C)c1. The Morgan fingerprint density at radius 1 is 1.12 bits per heavy atom. The number of amides is 1. The third kappa shape index (κ3) is 5.69. The molecular formula is C23H26ClN5O2S. The first-order chi connectivity index (χ1) is 15.5. The van der Waals surface area contributed by atoms with E-state index < -0.39 is 0 Å². The Morgan fingerprint density at radius 2 is 1.88 bits per heavy atom. The Kier molecular flexibility index (Phi) is 7.47. The highest BCUT2D eigenvalue weighted by molar-refractivity contribution is 7.99. The Labute approximate surface area is 197 Å². The summed E-state index contributed by atoms with van der Waals surface area (Å²) in [7, 11) is 0. The van der Waals surface area contributed by atoms with Crippen molar-refractivity contribution in [2.45, 2.75) is 25.5 Å². The number of nitrogens with one attached hydrogen (secondary N) is 1. The van der Waals surface area contributed by atoms with Gasteiger partial charge in [-0.2, -0.15) is 0 Å². The molecule has 1 aromatic heterocycles. The fourth-order valence-electron chi connectivity index (χ4n) is 3.58. The number of hydrogen-bond acceptors (Lipinski definition) is 6. The fraction of sp³-hybridized carbons (Fsp3) is 0.348. The van der Waals surface area contributed by atoms with Crippen molar-refractivity contribution in [2.75, 3.05) is 37.4 Å². The zero-order valence-electron chi connectivity index (χ0n) is 18.2. The Morgan fingerprint density at radius 3 is 2.59 bits per heavy atom. The Hall–Kier alpha value is -2.39. The topological polar surface area (TPSA) is 72.3 Å². The molecule has 0 radical (unpaired) electrons. The lowest BCUT2D eigenvalue weighted by Gasteiger charge is -2.26. The molecule has 168 valence electrons. The van der Waals surface area contributed by atoms with E-state index in [1.807, 2.05) is 54.8 Å². The first-order valence-electron chi connectivity index (χ1n) is 10.5. The number of anilines is 1. The molecule has 0 bridgehead atoms. The van der Waals surface area contributed by atoms with E-state index in [0.717, 1.165) is 49.1 Å². The van der Waals surface area contributed by atoms with Crippen LogP contribution >= 0.6 is 23.4 Å². The molecule has 2 aromatic carbocycles. The van der Waals surface area contributed by atoms with Crippen LogP contribution < -0.4 is 5.32 Å². The van der Waals surface area contributed by atoms with E-state index in [0.29, 0.717) is 16.7 Å². The van der Waals surface area contributed by atoms with Crippen molar-refractivity contribution in [1.82, 2.24) is 19.7 Å². The molecule has 32 heavy (non-hydrogen) atoms. The first kappa shape index (κ1) is 22.8. The van der Waals surface area contributed by atoms with E-state index in [4.69, 9.17) is 16.3 Å². The number of carbonyl (C=O) groups excluding carboxylic acids is 1. The van der Waals surface area contributed by atoms with Gasteiger partial charge in [-0.3, -0.25) is 14.3 Å². The van der Waals surface area contributed by atoms with Crippen molar-refractivity contribution in [3.63, 3.8) is 0 Å². The average molecular weight is 472 g/mol. The summed E-state index contributed by atoms with van der Waals surface area (Å²) in [6, 6.07) is 13.5. The third-order valence-electron chi connectivity index (χ3n) is 5.24. The molecule has 3 aromatic rings. The Bertz CT molecular complexity index is 1080. The number of morpholine rings is 1. The highest BCUT2D eigenvalue weighted by Crippen LogP contribution is 2.25. The van der Waals surface area contributed by atoms with Crippen LogP contribution in [0, 0.1) is 13.8 Å². The normalized spacial score (nSPS) is 14.5. The molecule has 1 saturated heterocycles. The number of hydrogen-bond donors (Lipinski definition) is 1. The summed E-state index contributed by atoms with van der Waals surface area (Å²) in [6.07, 6.45) is 0. The van der Waals surface area contributed by atoms with Gasteiger partial charge >= 0.3 is 0 Å². The lowest BCUT2D eigenvalue weighted by atomic mass is 10.1. The van der Waals surface area contributed by atoms with Crippen LogP contribution in [0.1, 0.15) is 17.0 Å². The molecule has 1 fully saturated rings. The summed E-state index contributed by atoms with van der Waals surface area (Å²) in [5.41, 5.74) is 3.95. The van der Waals surface area contributed by atoms with Gasteiger partial charge in [0.25, 0.3) is 0 Å². The maximum absolute atomic E-state index is 12.6. The molecule has 1 N–H and O–H groups in total. The van der Waals surface area contributed by atoms with Gasteiger partial charge in [-0.25, -0.2) is 0 Å². The maximum atomic E-state index is 12.6. The summed E-state index contributed by atoms with van der Waals surface area (Å²) >= 11 is 7.46. The smallest absolute Gasteiger partial charge is 0.234 e. The van der Waals surface area contributed by atoms with Gasteiger partial charge in [0.2, 0.25) is 5.91 Å². The second-order valence-corrected chi connectivity index (χ2v) is 9.13. The molecule has 0 aliphatic carbocycles. The average Bonchev–Trinajstić information content (AvgIpc) is 3.18. The predicted molar refractivity (Wildman–Crippen MR) is 128 cm³/mol. The standard InChI is InChI=1S/C23H26ClN5O2S/c1-16-3-8-20(17(2)13-16)25-22(30)15-32-23-27-26-21(14-28-9-11-31-12-10-28)29(23)19-6-4-18(24)5-7-19/h3-8,13H,9-12,14-15H2,1-2H3,(H,25,30). The molecule has 2 heterocycles. The van der Waals surface area contributed by atoms with Crippen molar-refractivity contribution in [1.29, 1.82) is 0 Å². The molecule has 1 amide bonds. The van der Waals surface area contributed by atoms with Crippen LogP contribution in [0.3, 0.4) is 0 Å². The molecule has 0 spiro atoms. The van der Waals surface area contributed by atoms with Gasteiger partial charge in [0, 0.05) is 29.5 Å². The van der Waals surface area contributed by atoms with Crippen LogP contribution in [0.15, 0.2) is 47.6 Å². The summed E-state index contributed by atoms with van der Waals surface area (Å²) in [4.78, 5) is 14.9. The highest BCUT2D eigenvalue weighted by atomic mass is 35.5. The van der Waals surface area contributed by atoms with Gasteiger partial charge in [0.05, 0.1) is 25.5 Å². The van der Waals surface area contributed by atoms with E-state index in [9.17, 15) is 4.79 Å². The molecule has 0 saturated carbocycles. The van der Waals surface area contributed by atoms with E-state index in [1.54, 1.807) is 0 Å². The number of thioether (sulfide) groups is 1. The predicted octanol–water partition coefficient (Wildman–Crippen LogP) is 4.10. The van der Waals surface area contributed by atoms with Gasteiger partial charge in [0.1, 0.15) is 0 Å². The summed E-state index contributed by atoms with van der Waals surface area (Å²) < 4.78 is 7.45. The largest absolute Gasteiger partial charge is 0.379 e. The fourth-order valence-corrected chi connectivity index (χ4v) is 4.47. The van der Waals surface area contributed by atoms with Crippen molar-refractivity contribution < 1.29 is 9.53 Å². The molecule has 0 unspecified atom stereocenters. The Balaban J connectivity index is 1.50. The number of benzene rings is 2. The van der Waals surface area contributed by atoms with Crippen LogP contribution in [-0.2, 0) is 16.1 Å². The van der Waals surface area contributed by atoms with Crippen LogP contribution in [0.4, 0.5) is 5.69 Å². The van der Waals surface area contributed by atoms with Crippen molar-refractivity contribution in [3.8, 4) is 5.69 Å². The summed E-state index contributed by atoms with van der Waals surface area (Å²) in [5, 5.41) is 13.2. The highest BCUT2D eigenvalue weighted by Gasteiger charge is 2.20. The van der Waals surface area contributed by atoms with E-state index in [2.05, 4.69) is 26.5 Å².